The van der Waals surface area contributed by atoms with Crippen molar-refractivity contribution in [2.24, 2.45) is 0 Å². The quantitative estimate of drug-likeness (QED) is 0.741. The summed E-state index contributed by atoms with van der Waals surface area (Å²) in [6.07, 6.45) is -0.152. The molecule has 0 spiro atoms. The molecule has 0 aliphatic carbocycles. The van der Waals surface area contributed by atoms with Crippen LogP contribution in [0.5, 0.6) is 0 Å². The average molecular weight is 379 g/mol. The monoisotopic (exact) mass is 377 g/mol. The maximum Gasteiger partial charge on any atom is 0.326 e. The lowest BCUT2D eigenvalue weighted by atomic mass is 10.1. The molecular formula is C13H13BrClNO5. The maximum atomic E-state index is 12.0. The molecule has 0 aromatic heterocycles. The van der Waals surface area contributed by atoms with Gasteiger partial charge in [-0.15, -0.1) is 0 Å². The number of halogens is 2. The number of methoxy groups -OCH3 is 1. The number of amides is 1. The number of hydrogen-bond donors (Lipinski definition) is 2. The molecule has 0 radical (unpaired) electrons. The molecule has 1 aromatic rings. The Morgan fingerprint density at radius 3 is 2.62 bits per heavy atom. The molecule has 1 aromatic carbocycles. The van der Waals surface area contributed by atoms with E-state index in [1.807, 2.05) is 0 Å². The molecule has 0 aliphatic heterocycles. The Labute approximate surface area is 134 Å². The van der Waals surface area contributed by atoms with Gasteiger partial charge in [-0.3, -0.25) is 9.59 Å². The summed E-state index contributed by atoms with van der Waals surface area (Å²) >= 11 is 9.00. The summed E-state index contributed by atoms with van der Waals surface area (Å²) in [5.74, 6) is -2.32. The van der Waals surface area contributed by atoms with Gasteiger partial charge in [0.15, 0.2) is 0 Å². The van der Waals surface area contributed by atoms with Crippen LogP contribution < -0.4 is 5.32 Å². The van der Waals surface area contributed by atoms with Crippen molar-refractivity contribution >= 4 is 45.4 Å². The minimum atomic E-state index is -1.22. The summed E-state index contributed by atoms with van der Waals surface area (Å²) in [5, 5.41) is 11.8. The van der Waals surface area contributed by atoms with Gasteiger partial charge in [-0.2, -0.15) is 0 Å². The predicted octanol–water partition coefficient (Wildman–Crippen LogP) is 2.24. The smallest absolute Gasteiger partial charge is 0.326 e. The van der Waals surface area contributed by atoms with E-state index in [1.165, 1.54) is 25.3 Å². The van der Waals surface area contributed by atoms with Crippen LogP contribution in [0.25, 0.3) is 0 Å². The molecule has 21 heavy (non-hydrogen) atoms. The van der Waals surface area contributed by atoms with Gasteiger partial charge >= 0.3 is 11.9 Å². The van der Waals surface area contributed by atoms with E-state index < -0.39 is 23.9 Å². The van der Waals surface area contributed by atoms with E-state index in [2.05, 4.69) is 26.0 Å². The van der Waals surface area contributed by atoms with Crippen molar-refractivity contribution in [1.29, 1.82) is 0 Å². The summed E-state index contributed by atoms with van der Waals surface area (Å²) in [6.45, 7) is 0. The molecule has 6 nitrogen and oxygen atoms in total. The summed E-state index contributed by atoms with van der Waals surface area (Å²) in [4.78, 5) is 34.1. The predicted molar refractivity (Wildman–Crippen MR) is 79.3 cm³/mol. The maximum absolute atomic E-state index is 12.0. The van der Waals surface area contributed by atoms with Crippen LogP contribution in [-0.2, 0) is 14.3 Å². The molecule has 0 fully saturated rings. The van der Waals surface area contributed by atoms with Gasteiger partial charge in [-0.05, 0) is 40.5 Å². The van der Waals surface area contributed by atoms with Gasteiger partial charge in [0.2, 0.25) is 0 Å². The number of carboxylic acid groups (broad SMARTS) is 1. The molecule has 8 heteroatoms. The van der Waals surface area contributed by atoms with E-state index in [-0.39, 0.29) is 18.4 Å². The molecule has 0 bridgehead atoms. The number of aliphatic carboxylic acids is 1. The molecule has 1 amide bonds. The third kappa shape index (κ3) is 5.35. The molecule has 0 heterocycles. The first-order chi connectivity index (χ1) is 9.85. The molecule has 0 saturated heterocycles. The van der Waals surface area contributed by atoms with Gasteiger partial charge in [0.05, 0.1) is 12.1 Å². The second kappa shape index (κ2) is 7.99. The van der Waals surface area contributed by atoms with Crippen LogP contribution in [0.3, 0.4) is 0 Å². The molecular weight excluding hydrogens is 366 g/mol. The third-order valence-corrected chi connectivity index (χ3v) is 3.86. The standard InChI is InChI=1S/C13H13BrClNO5/c1-21-11(17)5-4-10(13(19)20)16-12(18)7-2-3-9(15)8(14)6-7/h2-3,6,10H,4-5H2,1H3,(H,16,18)(H,19,20)/t10-/m0/s1. The molecule has 0 aliphatic rings. The number of benzene rings is 1. The normalized spacial score (nSPS) is 11.6. The Morgan fingerprint density at radius 2 is 2.10 bits per heavy atom. The fraction of sp³-hybridized carbons (Fsp3) is 0.308. The molecule has 1 atom stereocenters. The highest BCUT2D eigenvalue weighted by atomic mass is 79.9. The fourth-order valence-electron chi connectivity index (χ4n) is 1.50. The number of carbonyl (C=O) groups excluding carboxylic acids is 2. The second-order valence-electron chi connectivity index (χ2n) is 4.11. The Bertz CT molecular complexity index is 563. The third-order valence-electron chi connectivity index (χ3n) is 2.65. The molecule has 2 N–H and O–H groups in total. The zero-order chi connectivity index (χ0) is 16.0. The summed E-state index contributed by atoms with van der Waals surface area (Å²) in [7, 11) is 1.21. The van der Waals surface area contributed by atoms with Gasteiger partial charge in [0.25, 0.3) is 5.91 Å². The van der Waals surface area contributed by atoms with Crippen LogP contribution >= 0.6 is 27.5 Å². The number of rotatable bonds is 6. The minimum Gasteiger partial charge on any atom is -0.480 e. The largest absolute Gasteiger partial charge is 0.480 e. The zero-order valence-corrected chi connectivity index (χ0v) is 13.4. The van der Waals surface area contributed by atoms with Crippen LogP contribution in [0, 0.1) is 0 Å². The Balaban J connectivity index is 2.74. The van der Waals surface area contributed by atoms with Crippen molar-refractivity contribution in [2.75, 3.05) is 7.11 Å². The SMILES string of the molecule is COC(=O)CC[C@H](NC(=O)c1ccc(Cl)c(Br)c1)C(=O)O. The van der Waals surface area contributed by atoms with Crippen LogP contribution in [0.15, 0.2) is 22.7 Å². The topological polar surface area (TPSA) is 92.7 Å². The van der Waals surface area contributed by atoms with Crippen LogP contribution in [0.4, 0.5) is 0 Å². The molecule has 0 unspecified atom stereocenters. The average Bonchev–Trinajstić information content (AvgIpc) is 2.45. The van der Waals surface area contributed by atoms with Crippen molar-refractivity contribution in [2.45, 2.75) is 18.9 Å². The highest BCUT2D eigenvalue weighted by Crippen LogP contribution is 2.23. The first-order valence-corrected chi connectivity index (χ1v) is 7.07. The van der Waals surface area contributed by atoms with E-state index in [1.54, 1.807) is 0 Å². The van der Waals surface area contributed by atoms with Crippen molar-refractivity contribution in [3.8, 4) is 0 Å². The number of hydrogen-bond acceptors (Lipinski definition) is 4. The van der Waals surface area contributed by atoms with E-state index in [9.17, 15) is 14.4 Å². The first kappa shape index (κ1) is 17.5. The summed E-state index contributed by atoms with van der Waals surface area (Å²) < 4.78 is 4.96. The molecule has 1 rings (SSSR count). The molecule has 114 valence electrons. The van der Waals surface area contributed by atoms with Gasteiger partial charge < -0.3 is 15.2 Å². The number of nitrogens with one attached hydrogen (secondary N) is 1. The lowest BCUT2D eigenvalue weighted by Crippen LogP contribution is -2.41. The number of ether oxygens (including phenoxy) is 1. The first-order valence-electron chi connectivity index (χ1n) is 5.90. The highest BCUT2D eigenvalue weighted by Gasteiger charge is 2.22. The van der Waals surface area contributed by atoms with Crippen LogP contribution in [0.2, 0.25) is 5.02 Å². The zero-order valence-electron chi connectivity index (χ0n) is 11.1. The summed E-state index contributed by atoms with van der Waals surface area (Å²) in [6, 6.07) is 3.30. The van der Waals surface area contributed by atoms with Crippen LogP contribution in [-0.4, -0.2) is 36.1 Å². The van der Waals surface area contributed by atoms with Gasteiger partial charge in [0.1, 0.15) is 6.04 Å². The molecule has 0 saturated carbocycles. The summed E-state index contributed by atoms with van der Waals surface area (Å²) in [5.41, 5.74) is 0.260. The lowest BCUT2D eigenvalue weighted by molar-refractivity contribution is -0.142. The van der Waals surface area contributed by atoms with Crippen molar-refractivity contribution in [3.05, 3.63) is 33.3 Å². The Hall–Kier alpha value is -1.60. The Morgan fingerprint density at radius 1 is 1.43 bits per heavy atom. The van der Waals surface area contributed by atoms with Gasteiger partial charge in [-0.1, -0.05) is 11.6 Å². The number of carbonyl (C=O) groups is 3. The van der Waals surface area contributed by atoms with Gasteiger partial charge in [-0.25, -0.2) is 4.79 Å². The number of esters is 1. The van der Waals surface area contributed by atoms with Crippen LogP contribution in [0.1, 0.15) is 23.2 Å². The van der Waals surface area contributed by atoms with Crippen molar-refractivity contribution in [1.82, 2.24) is 5.32 Å². The second-order valence-corrected chi connectivity index (χ2v) is 5.37. The highest BCUT2D eigenvalue weighted by molar-refractivity contribution is 9.10. The lowest BCUT2D eigenvalue weighted by Gasteiger charge is -2.14. The van der Waals surface area contributed by atoms with E-state index in [0.29, 0.717) is 9.50 Å². The minimum absolute atomic E-state index is 0.0531. The van der Waals surface area contributed by atoms with E-state index in [0.717, 1.165) is 0 Å². The van der Waals surface area contributed by atoms with Crippen molar-refractivity contribution in [3.63, 3.8) is 0 Å². The number of carboxylic acids is 1. The van der Waals surface area contributed by atoms with Crippen molar-refractivity contribution < 1.29 is 24.2 Å². The van der Waals surface area contributed by atoms with E-state index in [4.69, 9.17) is 16.7 Å². The van der Waals surface area contributed by atoms with E-state index >= 15 is 0 Å². The fourth-order valence-corrected chi connectivity index (χ4v) is 2.00. The Kier molecular flexibility index (Phi) is 6.64. The van der Waals surface area contributed by atoms with Gasteiger partial charge in [0, 0.05) is 16.5 Å².